The van der Waals surface area contributed by atoms with Gasteiger partial charge in [-0.15, -0.1) is 0 Å². The first-order valence-corrected chi connectivity index (χ1v) is 9.18. The molecule has 0 atom stereocenters. The molecule has 0 spiro atoms. The first-order valence-electron chi connectivity index (χ1n) is 7.60. The molecule has 0 unspecified atom stereocenters. The predicted molar refractivity (Wildman–Crippen MR) is 78.7 cm³/mol. The maximum Gasteiger partial charge on any atom is 0.269 e. The summed E-state index contributed by atoms with van der Waals surface area (Å²) in [7, 11) is -3.49. The zero-order chi connectivity index (χ0) is 14.4. The van der Waals surface area contributed by atoms with Crippen LogP contribution < -0.4 is 0 Å². The summed E-state index contributed by atoms with van der Waals surface area (Å²) in [6.45, 7) is 2.10. The van der Waals surface area contributed by atoms with Crippen LogP contribution in [0.1, 0.15) is 71.1 Å². The van der Waals surface area contributed by atoms with Crippen molar-refractivity contribution in [3.8, 4) is 0 Å². The largest absolute Gasteiger partial charge is 0.395 e. The fraction of sp³-hybridized carbons (Fsp3) is 1.00. The first kappa shape index (κ1) is 18.9. The Hall–Kier alpha value is -0.130. The molecule has 0 bridgehead atoms. The number of aliphatic hydroxyl groups is 1. The minimum atomic E-state index is -3.49. The molecule has 0 radical (unpaired) electrons. The van der Waals surface area contributed by atoms with Crippen LogP contribution in [0.25, 0.3) is 0 Å². The van der Waals surface area contributed by atoms with E-state index < -0.39 is 10.1 Å². The van der Waals surface area contributed by atoms with Gasteiger partial charge in [0.05, 0.1) is 19.0 Å². The number of rotatable bonds is 14. The average Bonchev–Trinajstić information content (AvgIpc) is 2.36. The molecule has 0 aromatic rings. The topological polar surface area (TPSA) is 63.6 Å². The Morgan fingerprint density at radius 3 is 1.79 bits per heavy atom. The molecule has 116 valence electrons. The fourth-order valence-corrected chi connectivity index (χ4v) is 2.66. The van der Waals surface area contributed by atoms with Crippen LogP contribution in [0.2, 0.25) is 0 Å². The summed E-state index contributed by atoms with van der Waals surface area (Å²) in [4.78, 5) is 0. The van der Waals surface area contributed by atoms with Crippen molar-refractivity contribution in [3.05, 3.63) is 0 Å². The maximum absolute atomic E-state index is 11.1. The summed E-state index contributed by atoms with van der Waals surface area (Å²) in [5, 5.41) is 8.52. The molecule has 0 aromatic carbocycles. The minimum Gasteiger partial charge on any atom is -0.395 e. The van der Waals surface area contributed by atoms with Gasteiger partial charge in [0, 0.05) is 0 Å². The molecule has 0 aliphatic rings. The van der Waals surface area contributed by atoms with Gasteiger partial charge in [0.25, 0.3) is 10.1 Å². The molecule has 5 heteroatoms. The van der Waals surface area contributed by atoms with Gasteiger partial charge in [-0.1, -0.05) is 64.7 Å². The lowest BCUT2D eigenvalue weighted by Gasteiger charge is -2.04. The van der Waals surface area contributed by atoms with Crippen LogP contribution >= 0.6 is 0 Å². The predicted octanol–water partition coefficient (Wildman–Crippen LogP) is 3.25. The second-order valence-corrected chi connectivity index (χ2v) is 6.75. The van der Waals surface area contributed by atoms with E-state index in [1.54, 1.807) is 0 Å². The molecule has 0 heterocycles. The van der Waals surface area contributed by atoms with E-state index in [9.17, 15) is 8.42 Å². The van der Waals surface area contributed by atoms with E-state index in [1.165, 1.54) is 44.9 Å². The highest BCUT2D eigenvalue weighted by atomic mass is 32.2. The van der Waals surface area contributed by atoms with Crippen molar-refractivity contribution in [1.29, 1.82) is 0 Å². The molecule has 0 saturated heterocycles. The van der Waals surface area contributed by atoms with Crippen LogP contribution in [-0.2, 0) is 14.3 Å². The number of aliphatic hydroxyl groups excluding tert-OH is 1. The Balaban J connectivity index is 3.19. The Bertz CT molecular complexity index is 275. The lowest BCUT2D eigenvalue weighted by atomic mass is 10.1. The van der Waals surface area contributed by atoms with Gasteiger partial charge in [0.15, 0.2) is 0 Å². The third-order valence-corrected chi connectivity index (χ3v) is 4.31. The van der Waals surface area contributed by atoms with Gasteiger partial charge >= 0.3 is 0 Å². The lowest BCUT2D eigenvalue weighted by molar-refractivity contribution is 0.285. The first-order chi connectivity index (χ1) is 9.12. The molecular weight excluding hydrogens is 264 g/mol. The van der Waals surface area contributed by atoms with Gasteiger partial charge in [-0.2, -0.15) is 8.42 Å². The van der Waals surface area contributed by atoms with Crippen LogP contribution in [0.4, 0.5) is 0 Å². The van der Waals surface area contributed by atoms with Crippen molar-refractivity contribution >= 4 is 10.1 Å². The van der Waals surface area contributed by atoms with Crippen LogP contribution in [0.5, 0.6) is 0 Å². The Kier molecular flexibility index (Phi) is 12.8. The normalized spacial score (nSPS) is 11.9. The molecule has 0 aliphatic carbocycles. The van der Waals surface area contributed by atoms with Crippen molar-refractivity contribution in [2.24, 2.45) is 0 Å². The smallest absolute Gasteiger partial charge is 0.269 e. The third kappa shape index (κ3) is 14.1. The van der Waals surface area contributed by atoms with E-state index in [0.29, 0.717) is 0 Å². The molecule has 0 aliphatic heterocycles. The van der Waals surface area contributed by atoms with Gasteiger partial charge in [-0.05, 0) is 6.42 Å². The maximum atomic E-state index is 11.1. The molecule has 1 N–H and O–H groups in total. The van der Waals surface area contributed by atoms with E-state index >= 15 is 0 Å². The molecule has 0 aromatic heterocycles. The van der Waals surface area contributed by atoms with Gasteiger partial charge in [0.2, 0.25) is 0 Å². The summed E-state index contributed by atoms with van der Waals surface area (Å²) < 4.78 is 27.0. The van der Waals surface area contributed by atoms with Crippen LogP contribution in [-0.4, -0.2) is 32.5 Å². The second kappa shape index (κ2) is 12.9. The van der Waals surface area contributed by atoms with Crippen LogP contribution in [0.3, 0.4) is 0 Å². The monoisotopic (exact) mass is 294 g/mol. The average molecular weight is 294 g/mol. The highest BCUT2D eigenvalue weighted by Crippen LogP contribution is 2.10. The highest BCUT2D eigenvalue weighted by molar-refractivity contribution is 7.86. The number of hydrogen-bond donors (Lipinski definition) is 1. The zero-order valence-electron chi connectivity index (χ0n) is 12.3. The number of hydrogen-bond acceptors (Lipinski definition) is 4. The molecule has 4 nitrogen and oxygen atoms in total. The SMILES string of the molecule is CCCCCCCCCCCCOS(=O)(=O)CCO. The zero-order valence-corrected chi connectivity index (χ0v) is 13.1. The fourth-order valence-electron chi connectivity index (χ4n) is 1.95. The molecule has 0 fully saturated rings. The third-order valence-electron chi connectivity index (χ3n) is 3.10. The molecule has 0 rings (SSSR count). The Morgan fingerprint density at radius 2 is 1.32 bits per heavy atom. The summed E-state index contributed by atoms with van der Waals surface area (Å²) in [6, 6.07) is 0. The highest BCUT2D eigenvalue weighted by Gasteiger charge is 2.08. The quantitative estimate of drug-likeness (QED) is 0.394. The standard InChI is InChI=1S/C14H30O4S/c1-2-3-4-5-6-7-8-9-10-11-13-18-19(16,17)14-12-15/h15H,2-14H2,1H3. The molecular formula is C14H30O4S. The minimum absolute atomic E-state index is 0.249. The summed E-state index contributed by atoms with van der Waals surface area (Å²) in [5.74, 6) is -0.301. The Labute approximate surface area is 118 Å². The van der Waals surface area contributed by atoms with E-state index in [4.69, 9.17) is 9.29 Å². The van der Waals surface area contributed by atoms with Crippen molar-refractivity contribution in [1.82, 2.24) is 0 Å². The molecule has 0 amide bonds. The van der Waals surface area contributed by atoms with Gasteiger partial charge in [0.1, 0.15) is 0 Å². The van der Waals surface area contributed by atoms with Crippen LogP contribution in [0.15, 0.2) is 0 Å². The van der Waals surface area contributed by atoms with Crippen molar-refractivity contribution in [2.75, 3.05) is 19.0 Å². The molecule has 19 heavy (non-hydrogen) atoms. The van der Waals surface area contributed by atoms with Gasteiger partial charge in [-0.3, -0.25) is 4.18 Å². The second-order valence-electron chi connectivity index (χ2n) is 4.99. The summed E-state index contributed by atoms with van der Waals surface area (Å²) in [6.07, 6.45) is 12.1. The van der Waals surface area contributed by atoms with Gasteiger partial charge < -0.3 is 5.11 Å². The van der Waals surface area contributed by atoms with E-state index in [-0.39, 0.29) is 19.0 Å². The summed E-state index contributed by atoms with van der Waals surface area (Å²) in [5.41, 5.74) is 0. The molecule has 0 saturated carbocycles. The number of unbranched alkanes of at least 4 members (excludes halogenated alkanes) is 9. The van der Waals surface area contributed by atoms with E-state index in [0.717, 1.165) is 19.3 Å². The van der Waals surface area contributed by atoms with Crippen molar-refractivity contribution < 1.29 is 17.7 Å². The Morgan fingerprint density at radius 1 is 0.842 bits per heavy atom. The van der Waals surface area contributed by atoms with Gasteiger partial charge in [-0.25, -0.2) is 0 Å². The van der Waals surface area contributed by atoms with Crippen LogP contribution in [0, 0.1) is 0 Å². The summed E-state index contributed by atoms with van der Waals surface area (Å²) >= 11 is 0. The van der Waals surface area contributed by atoms with Crippen molar-refractivity contribution in [2.45, 2.75) is 71.1 Å². The van der Waals surface area contributed by atoms with Crippen molar-refractivity contribution in [3.63, 3.8) is 0 Å². The lowest BCUT2D eigenvalue weighted by Crippen LogP contribution is -2.14. The van der Waals surface area contributed by atoms with E-state index in [2.05, 4.69) is 6.92 Å². The van der Waals surface area contributed by atoms with E-state index in [1.807, 2.05) is 0 Å².